The largest absolute Gasteiger partial charge is 0.232 e. The standard InChI is InChI=1S/C14H20O2/c1-12(11-15-16-14(2,3)4)10-13-8-6-5-7-9-13/h5-10H,11H2,1-4H3/b12-10+. The molecular weight excluding hydrogens is 200 g/mol. The minimum Gasteiger partial charge on any atom is -0.232 e. The quantitative estimate of drug-likeness (QED) is 0.567. The predicted octanol–water partition coefficient (Wildman–Crippen LogP) is 3.84. The van der Waals surface area contributed by atoms with Crippen molar-refractivity contribution in [2.75, 3.05) is 6.61 Å². The Labute approximate surface area is 97.8 Å². The van der Waals surface area contributed by atoms with Crippen molar-refractivity contribution in [3.8, 4) is 0 Å². The maximum atomic E-state index is 5.20. The fourth-order valence-corrected chi connectivity index (χ4v) is 1.17. The first kappa shape index (κ1) is 12.9. The monoisotopic (exact) mass is 220 g/mol. The molecule has 0 N–H and O–H groups in total. The van der Waals surface area contributed by atoms with Crippen LogP contribution in [0.2, 0.25) is 0 Å². The van der Waals surface area contributed by atoms with E-state index in [1.807, 2.05) is 45.9 Å². The summed E-state index contributed by atoms with van der Waals surface area (Å²) in [4.78, 5) is 10.4. The molecule has 1 aromatic carbocycles. The van der Waals surface area contributed by atoms with Gasteiger partial charge in [0.1, 0.15) is 6.61 Å². The molecule has 1 rings (SSSR count). The molecule has 0 unspecified atom stereocenters. The van der Waals surface area contributed by atoms with Crippen molar-refractivity contribution in [2.45, 2.75) is 33.3 Å². The van der Waals surface area contributed by atoms with E-state index >= 15 is 0 Å². The second-order valence-electron chi connectivity index (χ2n) is 4.86. The summed E-state index contributed by atoms with van der Waals surface area (Å²) < 4.78 is 0. The normalized spacial score (nSPS) is 12.9. The van der Waals surface area contributed by atoms with E-state index in [2.05, 4.69) is 18.2 Å². The van der Waals surface area contributed by atoms with Gasteiger partial charge in [-0.2, -0.15) is 0 Å². The molecular formula is C14H20O2. The lowest BCUT2D eigenvalue weighted by molar-refractivity contribution is -0.343. The minimum atomic E-state index is -0.257. The Morgan fingerprint density at radius 1 is 1.19 bits per heavy atom. The Kier molecular flexibility index (Phi) is 4.71. The molecule has 1 aromatic rings. The lowest BCUT2D eigenvalue weighted by Crippen LogP contribution is -2.19. The van der Waals surface area contributed by atoms with Crippen molar-refractivity contribution >= 4 is 6.08 Å². The molecule has 0 heterocycles. The molecule has 0 aliphatic carbocycles. The van der Waals surface area contributed by atoms with Crippen LogP contribution in [0.1, 0.15) is 33.3 Å². The van der Waals surface area contributed by atoms with Gasteiger partial charge < -0.3 is 0 Å². The summed E-state index contributed by atoms with van der Waals surface area (Å²) in [5.41, 5.74) is 2.06. The van der Waals surface area contributed by atoms with Crippen LogP contribution in [0.25, 0.3) is 6.08 Å². The Bertz CT molecular complexity index is 334. The third kappa shape index (κ3) is 5.69. The molecule has 0 aliphatic rings. The van der Waals surface area contributed by atoms with Crippen LogP contribution in [0.3, 0.4) is 0 Å². The number of hydrogen-bond donors (Lipinski definition) is 0. The van der Waals surface area contributed by atoms with Crippen molar-refractivity contribution in [3.05, 3.63) is 41.5 Å². The van der Waals surface area contributed by atoms with E-state index in [0.717, 1.165) is 5.57 Å². The fraction of sp³-hybridized carbons (Fsp3) is 0.429. The molecule has 16 heavy (non-hydrogen) atoms. The fourth-order valence-electron chi connectivity index (χ4n) is 1.17. The van der Waals surface area contributed by atoms with E-state index in [-0.39, 0.29) is 5.60 Å². The number of hydrogen-bond acceptors (Lipinski definition) is 2. The van der Waals surface area contributed by atoms with Gasteiger partial charge in [-0.25, -0.2) is 9.78 Å². The third-order valence-electron chi connectivity index (χ3n) is 1.81. The summed E-state index contributed by atoms with van der Waals surface area (Å²) in [6.45, 7) is 8.40. The Morgan fingerprint density at radius 2 is 1.81 bits per heavy atom. The molecule has 0 saturated carbocycles. The average Bonchev–Trinajstić information content (AvgIpc) is 2.17. The maximum absolute atomic E-state index is 5.20. The highest BCUT2D eigenvalue weighted by Crippen LogP contribution is 2.10. The van der Waals surface area contributed by atoms with Gasteiger partial charge in [0.15, 0.2) is 0 Å². The van der Waals surface area contributed by atoms with Crippen molar-refractivity contribution < 1.29 is 9.78 Å². The molecule has 0 bridgehead atoms. The van der Waals surface area contributed by atoms with Gasteiger partial charge in [0.05, 0.1) is 5.60 Å². The molecule has 2 nitrogen and oxygen atoms in total. The van der Waals surface area contributed by atoms with Crippen LogP contribution in [0, 0.1) is 0 Å². The van der Waals surface area contributed by atoms with E-state index in [1.54, 1.807) is 0 Å². The van der Waals surface area contributed by atoms with Gasteiger partial charge in [-0.05, 0) is 38.8 Å². The summed E-state index contributed by atoms with van der Waals surface area (Å²) in [5.74, 6) is 0. The summed E-state index contributed by atoms with van der Waals surface area (Å²) in [6.07, 6.45) is 2.09. The molecule has 0 amide bonds. The van der Waals surface area contributed by atoms with E-state index in [4.69, 9.17) is 9.78 Å². The first-order valence-corrected chi connectivity index (χ1v) is 5.50. The summed E-state index contributed by atoms with van der Waals surface area (Å²) in [6, 6.07) is 10.2. The lowest BCUT2D eigenvalue weighted by atomic mass is 10.1. The second-order valence-corrected chi connectivity index (χ2v) is 4.86. The second kappa shape index (κ2) is 5.83. The number of rotatable bonds is 4. The van der Waals surface area contributed by atoms with Crippen LogP contribution in [-0.2, 0) is 9.78 Å². The minimum absolute atomic E-state index is 0.257. The molecule has 2 heteroatoms. The first-order valence-electron chi connectivity index (χ1n) is 5.50. The van der Waals surface area contributed by atoms with Crippen molar-refractivity contribution in [1.29, 1.82) is 0 Å². The zero-order valence-electron chi connectivity index (χ0n) is 10.5. The topological polar surface area (TPSA) is 18.5 Å². The van der Waals surface area contributed by atoms with Gasteiger partial charge in [-0.1, -0.05) is 36.4 Å². The molecule has 0 aliphatic heterocycles. The van der Waals surface area contributed by atoms with E-state index < -0.39 is 0 Å². The van der Waals surface area contributed by atoms with Gasteiger partial charge in [-0.15, -0.1) is 0 Å². The van der Waals surface area contributed by atoms with Gasteiger partial charge in [0, 0.05) is 0 Å². The van der Waals surface area contributed by atoms with Crippen LogP contribution in [0.15, 0.2) is 35.9 Å². The third-order valence-corrected chi connectivity index (χ3v) is 1.81. The van der Waals surface area contributed by atoms with Crippen molar-refractivity contribution in [3.63, 3.8) is 0 Å². The Morgan fingerprint density at radius 3 is 2.38 bits per heavy atom. The molecule has 0 saturated heterocycles. The highest BCUT2D eigenvalue weighted by atomic mass is 17.2. The molecule has 0 atom stereocenters. The highest BCUT2D eigenvalue weighted by Gasteiger charge is 2.10. The Hall–Kier alpha value is -1.12. The SMILES string of the molecule is C/C(=C\c1ccccc1)COOC(C)(C)C. The molecule has 0 fully saturated rings. The van der Waals surface area contributed by atoms with Crippen LogP contribution in [-0.4, -0.2) is 12.2 Å². The van der Waals surface area contributed by atoms with Gasteiger partial charge in [0.2, 0.25) is 0 Å². The summed E-state index contributed by atoms with van der Waals surface area (Å²) >= 11 is 0. The molecule has 0 aromatic heterocycles. The van der Waals surface area contributed by atoms with Crippen LogP contribution >= 0.6 is 0 Å². The highest BCUT2D eigenvalue weighted by molar-refractivity contribution is 5.52. The van der Waals surface area contributed by atoms with Gasteiger partial charge >= 0.3 is 0 Å². The molecule has 0 radical (unpaired) electrons. The van der Waals surface area contributed by atoms with Crippen molar-refractivity contribution in [2.24, 2.45) is 0 Å². The van der Waals surface area contributed by atoms with Crippen LogP contribution < -0.4 is 0 Å². The molecule has 0 spiro atoms. The average molecular weight is 220 g/mol. The number of benzene rings is 1. The lowest BCUT2D eigenvalue weighted by Gasteiger charge is -2.17. The smallest absolute Gasteiger partial charge is 0.103 e. The van der Waals surface area contributed by atoms with E-state index in [9.17, 15) is 0 Å². The predicted molar refractivity (Wildman–Crippen MR) is 66.9 cm³/mol. The van der Waals surface area contributed by atoms with Crippen molar-refractivity contribution in [1.82, 2.24) is 0 Å². The van der Waals surface area contributed by atoms with Gasteiger partial charge in [0.25, 0.3) is 0 Å². The van der Waals surface area contributed by atoms with Crippen LogP contribution in [0.5, 0.6) is 0 Å². The summed E-state index contributed by atoms with van der Waals surface area (Å²) in [5, 5.41) is 0. The summed E-state index contributed by atoms with van der Waals surface area (Å²) in [7, 11) is 0. The Balaban J connectivity index is 2.41. The van der Waals surface area contributed by atoms with E-state index in [0.29, 0.717) is 6.61 Å². The zero-order valence-corrected chi connectivity index (χ0v) is 10.5. The van der Waals surface area contributed by atoms with E-state index in [1.165, 1.54) is 5.56 Å². The van der Waals surface area contributed by atoms with Crippen LogP contribution in [0.4, 0.5) is 0 Å². The molecule has 88 valence electrons. The first-order chi connectivity index (χ1) is 7.47. The maximum Gasteiger partial charge on any atom is 0.103 e. The van der Waals surface area contributed by atoms with Gasteiger partial charge in [-0.3, -0.25) is 0 Å². The zero-order chi connectivity index (χ0) is 12.0.